The Morgan fingerprint density at radius 2 is 1.95 bits per heavy atom. The first kappa shape index (κ1) is 13.7. The van der Waals surface area contributed by atoms with Crippen LogP contribution in [0.5, 0.6) is 0 Å². The largest absolute Gasteiger partial charge is 0.361 e. The highest BCUT2D eigenvalue weighted by Gasteiger charge is 2.24. The molecule has 0 saturated heterocycles. The molecule has 2 heteroatoms. The quantitative estimate of drug-likeness (QED) is 0.865. The van der Waals surface area contributed by atoms with Crippen LogP contribution < -0.4 is 0 Å². The smallest absolute Gasteiger partial charge is 0.0456 e. The minimum Gasteiger partial charge on any atom is -0.361 e. The van der Waals surface area contributed by atoms with E-state index in [4.69, 9.17) is 0 Å². The van der Waals surface area contributed by atoms with Crippen molar-refractivity contribution in [3.05, 3.63) is 35.5 Å². The van der Waals surface area contributed by atoms with Crippen LogP contribution >= 0.6 is 0 Å². The maximum absolute atomic E-state index is 3.35. The molecule has 1 aliphatic carbocycles. The Morgan fingerprint density at radius 1 is 1.15 bits per heavy atom. The van der Waals surface area contributed by atoms with Gasteiger partial charge in [0.15, 0.2) is 0 Å². The molecule has 0 saturated carbocycles. The zero-order chi connectivity index (χ0) is 13.9. The highest BCUT2D eigenvalue weighted by atomic mass is 15.1. The van der Waals surface area contributed by atoms with Gasteiger partial charge in [-0.15, -0.1) is 0 Å². The molecule has 0 fully saturated rings. The van der Waals surface area contributed by atoms with Gasteiger partial charge in [0.2, 0.25) is 0 Å². The van der Waals surface area contributed by atoms with E-state index >= 15 is 0 Å². The Kier molecular flexibility index (Phi) is 4.11. The fourth-order valence-corrected chi connectivity index (χ4v) is 3.74. The normalized spacial score (nSPS) is 18.6. The number of aromatic nitrogens is 1. The van der Waals surface area contributed by atoms with Gasteiger partial charge in [0.25, 0.3) is 0 Å². The Labute approximate surface area is 122 Å². The number of aryl methyl sites for hydroxylation is 1. The second-order valence-corrected chi connectivity index (χ2v) is 6.07. The first-order valence-electron chi connectivity index (χ1n) is 8.15. The zero-order valence-corrected chi connectivity index (χ0v) is 12.8. The van der Waals surface area contributed by atoms with Gasteiger partial charge < -0.3 is 9.88 Å². The van der Waals surface area contributed by atoms with Gasteiger partial charge in [-0.3, -0.25) is 0 Å². The average Bonchev–Trinajstić information content (AvgIpc) is 2.95. The van der Waals surface area contributed by atoms with Crippen LogP contribution in [-0.4, -0.2) is 29.0 Å². The maximum Gasteiger partial charge on any atom is 0.0456 e. The number of hydrogen-bond acceptors (Lipinski definition) is 1. The van der Waals surface area contributed by atoms with Gasteiger partial charge in [-0.2, -0.15) is 0 Å². The summed E-state index contributed by atoms with van der Waals surface area (Å²) in [6.07, 6.45) is 8.39. The first-order valence-corrected chi connectivity index (χ1v) is 8.15. The van der Waals surface area contributed by atoms with E-state index in [1.165, 1.54) is 56.1 Å². The molecule has 3 rings (SSSR count). The molecule has 20 heavy (non-hydrogen) atoms. The van der Waals surface area contributed by atoms with Gasteiger partial charge in [-0.05, 0) is 68.5 Å². The van der Waals surface area contributed by atoms with Crippen LogP contribution in [0, 0.1) is 0 Å². The zero-order valence-electron chi connectivity index (χ0n) is 12.8. The number of benzene rings is 1. The summed E-state index contributed by atoms with van der Waals surface area (Å²) < 4.78 is 0. The summed E-state index contributed by atoms with van der Waals surface area (Å²) in [7, 11) is 0. The third kappa shape index (κ3) is 2.49. The molecule has 1 atom stereocenters. The van der Waals surface area contributed by atoms with Gasteiger partial charge in [-0.25, -0.2) is 0 Å². The Bertz CT molecular complexity index is 564. The third-order valence-electron chi connectivity index (χ3n) is 4.67. The van der Waals surface area contributed by atoms with Crippen molar-refractivity contribution in [1.82, 2.24) is 9.88 Å². The number of rotatable bonds is 5. The molecule has 1 aliphatic rings. The fourth-order valence-electron chi connectivity index (χ4n) is 3.74. The highest BCUT2D eigenvalue weighted by molar-refractivity contribution is 5.84. The molecule has 1 aromatic carbocycles. The van der Waals surface area contributed by atoms with E-state index in [9.17, 15) is 0 Å². The minimum absolute atomic E-state index is 0.739. The van der Waals surface area contributed by atoms with Crippen LogP contribution in [-0.2, 0) is 12.8 Å². The van der Waals surface area contributed by atoms with Gasteiger partial charge in [0.05, 0.1) is 0 Å². The summed E-state index contributed by atoms with van der Waals surface area (Å²) in [5.41, 5.74) is 4.46. The molecule has 0 aliphatic heterocycles. The summed E-state index contributed by atoms with van der Waals surface area (Å²) in [5.74, 6) is 0. The van der Waals surface area contributed by atoms with Crippen molar-refractivity contribution in [1.29, 1.82) is 0 Å². The van der Waals surface area contributed by atoms with E-state index in [0.29, 0.717) is 0 Å². The SMILES string of the molecule is CCCN(CCC)[C@@H]1CCc2ccc3[nH]ccc3c2C1. The average molecular weight is 270 g/mol. The number of hydrogen-bond donors (Lipinski definition) is 1. The molecule has 2 aromatic rings. The van der Waals surface area contributed by atoms with Crippen molar-refractivity contribution in [2.45, 2.75) is 52.0 Å². The molecule has 0 unspecified atom stereocenters. The summed E-state index contributed by atoms with van der Waals surface area (Å²) in [4.78, 5) is 6.07. The predicted octanol–water partition coefficient (Wildman–Crippen LogP) is 4.15. The lowest BCUT2D eigenvalue weighted by Gasteiger charge is -2.35. The predicted molar refractivity (Wildman–Crippen MR) is 86.3 cm³/mol. The third-order valence-corrected chi connectivity index (χ3v) is 4.67. The van der Waals surface area contributed by atoms with Crippen molar-refractivity contribution >= 4 is 10.9 Å². The molecular weight excluding hydrogens is 244 g/mol. The van der Waals surface area contributed by atoms with Crippen LogP contribution in [0.1, 0.15) is 44.2 Å². The van der Waals surface area contributed by atoms with E-state index in [-0.39, 0.29) is 0 Å². The number of nitrogens with zero attached hydrogens (tertiary/aromatic N) is 1. The van der Waals surface area contributed by atoms with E-state index in [1.54, 1.807) is 11.1 Å². The standard InChI is InChI=1S/C18H26N2/c1-3-11-20(12-4-2)15-7-5-14-6-8-18-16(9-10-19-18)17(14)13-15/h6,8-10,15,19H,3-5,7,11-13H2,1-2H3/t15-/m1/s1. The molecule has 0 spiro atoms. The molecule has 2 nitrogen and oxygen atoms in total. The van der Waals surface area contributed by atoms with Crippen LogP contribution in [0.4, 0.5) is 0 Å². The molecule has 0 radical (unpaired) electrons. The highest BCUT2D eigenvalue weighted by Crippen LogP contribution is 2.30. The van der Waals surface area contributed by atoms with Gasteiger partial charge in [0.1, 0.15) is 0 Å². The van der Waals surface area contributed by atoms with E-state index in [2.05, 4.69) is 48.1 Å². The Hall–Kier alpha value is -1.28. The molecule has 1 aromatic heterocycles. The Balaban J connectivity index is 1.87. The van der Waals surface area contributed by atoms with Crippen LogP contribution in [0.2, 0.25) is 0 Å². The maximum atomic E-state index is 3.35. The first-order chi connectivity index (χ1) is 9.83. The molecule has 0 bridgehead atoms. The van der Waals surface area contributed by atoms with Crippen LogP contribution in [0.15, 0.2) is 24.4 Å². The van der Waals surface area contributed by atoms with Gasteiger partial charge in [-0.1, -0.05) is 19.9 Å². The molecule has 0 amide bonds. The summed E-state index contributed by atoms with van der Waals surface area (Å²) in [5, 5.41) is 1.44. The lowest BCUT2D eigenvalue weighted by Crippen LogP contribution is -2.40. The molecule has 108 valence electrons. The lowest BCUT2D eigenvalue weighted by molar-refractivity contribution is 0.180. The second kappa shape index (κ2) is 6.01. The number of aromatic amines is 1. The molecular formula is C18H26N2. The van der Waals surface area contributed by atoms with Crippen molar-refractivity contribution in [2.75, 3.05) is 13.1 Å². The molecule has 1 heterocycles. The summed E-state index contributed by atoms with van der Waals surface area (Å²) in [6.45, 7) is 7.08. The fraction of sp³-hybridized carbons (Fsp3) is 0.556. The number of fused-ring (bicyclic) bond motifs is 3. The van der Waals surface area contributed by atoms with E-state index in [1.807, 2.05) is 0 Å². The van der Waals surface area contributed by atoms with Gasteiger partial charge >= 0.3 is 0 Å². The van der Waals surface area contributed by atoms with Crippen molar-refractivity contribution in [3.63, 3.8) is 0 Å². The Morgan fingerprint density at radius 3 is 2.70 bits per heavy atom. The number of H-pyrrole nitrogens is 1. The van der Waals surface area contributed by atoms with E-state index < -0.39 is 0 Å². The number of nitrogens with one attached hydrogen (secondary N) is 1. The van der Waals surface area contributed by atoms with E-state index in [0.717, 1.165) is 6.04 Å². The van der Waals surface area contributed by atoms with Crippen molar-refractivity contribution in [2.24, 2.45) is 0 Å². The summed E-state index contributed by atoms with van der Waals surface area (Å²) in [6, 6.07) is 7.56. The lowest BCUT2D eigenvalue weighted by atomic mass is 9.85. The van der Waals surface area contributed by atoms with Crippen LogP contribution in [0.3, 0.4) is 0 Å². The second-order valence-electron chi connectivity index (χ2n) is 6.07. The minimum atomic E-state index is 0.739. The molecule has 1 N–H and O–H groups in total. The van der Waals surface area contributed by atoms with Crippen molar-refractivity contribution < 1.29 is 0 Å². The van der Waals surface area contributed by atoms with Crippen molar-refractivity contribution in [3.8, 4) is 0 Å². The summed E-state index contributed by atoms with van der Waals surface area (Å²) >= 11 is 0. The topological polar surface area (TPSA) is 19.0 Å². The van der Waals surface area contributed by atoms with Crippen LogP contribution in [0.25, 0.3) is 10.9 Å². The van der Waals surface area contributed by atoms with Gasteiger partial charge in [0, 0.05) is 23.1 Å². The monoisotopic (exact) mass is 270 g/mol.